The van der Waals surface area contributed by atoms with E-state index in [1.807, 2.05) is 6.92 Å². The zero-order valence-electron chi connectivity index (χ0n) is 10.6. The molecule has 1 fully saturated rings. The van der Waals surface area contributed by atoms with Gasteiger partial charge in [-0.1, -0.05) is 0 Å². The van der Waals surface area contributed by atoms with Gasteiger partial charge in [0.05, 0.1) is 12.7 Å². The average Bonchev–Trinajstić information content (AvgIpc) is 2.45. The Labute approximate surface area is 98.6 Å². The fraction of sp³-hybridized carbons (Fsp3) is 0.917. The van der Waals surface area contributed by atoms with Crippen LogP contribution in [0.25, 0.3) is 0 Å². The summed E-state index contributed by atoms with van der Waals surface area (Å²) >= 11 is 0. The number of rotatable bonds is 4. The molecule has 0 amide bonds. The van der Waals surface area contributed by atoms with Crippen LogP contribution in [0, 0.1) is 11.3 Å². The van der Waals surface area contributed by atoms with E-state index in [9.17, 15) is 5.26 Å². The first-order chi connectivity index (χ1) is 7.56. The van der Waals surface area contributed by atoms with Crippen molar-refractivity contribution in [1.29, 1.82) is 5.26 Å². The van der Waals surface area contributed by atoms with Crippen molar-refractivity contribution >= 4 is 0 Å². The predicted molar refractivity (Wildman–Crippen MR) is 64.2 cm³/mol. The summed E-state index contributed by atoms with van der Waals surface area (Å²) in [5.41, 5.74) is -0.460. The van der Waals surface area contributed by atoms with Gasteiger partial charge < -0.3 is 4.74 Å². The van der Waals surface area contributed by atoms with Crippen molar-refractivity contribution in [3.8, 4) is 6.07 Å². The number of hydrogen-bond acceptors (Lipinski definition) is 4. The Morgan fingerprint density at radius 1 is 1.44 bits per heavy atom. The van der Waals surface area contributed by atoms with Gasteiger partial charge in [0.25, 0.3) is 0 Å². The lowest BCUT2D eigenvalue weighted by Gasteiger charge is -2.31. The monoisotopic (exact) mass is 225 g/mol. The highest BCUT2D eigenvalue weighted by Crippen LogP contribution is 2.09. The smallest absolute Gasteiger partial charge is 0.116 e. The fourth-order valence-electron chi connectivity index (χ4n) is 2.15. The Morgan fingerprint density at radius 3 is 2.81 bits per heavy atom. The van der Waals surface area contributed by atoms with Crippen LogP contribution >= 0.6 is 0 Å². The highest BCUT2D eigenvalue weighted by Gasteiger charge is 2.27. The molecule has 1 saturated heterocycles. The second-order valence-corrected chi connectivity index (χ2v) is 4.99. The van der Waals surface area contributed by atoms with E-state index in [-0.39, 0.29) is 0 Å². The van der Waals surface area contributed by atoms with Crippen molar-refractivity contribution < 1.29 is 4.74 Å². The molecule has 1 atom stereocenters. The van der Waals surface area contributed by atoms with Gasteiger partial charge in [-0.05, 0) is 27.2 Å². The van der Waals surface area contributed by atoms with Crippen molar-refractivity contribution in [2.24, 2.45) is 0 Å². The van der Waals surface area contributed by atoms with Gasteiger partial charge in [0.1, 0.15) is 5.54 Å². The van der Waals surface area contributed by atoms with Crippen molar-refractivity contribution in [2.45, 2.75) is 38.8 Å². The quantitative estimate of drug-likeness (QED) is 0.775. The molecule has 92 valence electrons. The molecule has 0 aromatic heterocycles. The Balaban J connectivity index is 2.50. The molecule has 0 aliphatic carbocycles. The van der Waals surface area contributed by atoms with E-state index < -0.39 is 5.54 Å². The molecule has 1 N–H and O–H groups in total. The number of hydrogen-bond donors (Lipinski definition) is 1. The van der Waals surface area contributed by atoms with Crippen LogP contribution in [0.5, 0.6) is 0 Å². The fourth-order valence-corrected chi connectivity index (χ4v) is 2.15. The van der Waals surface area contributed by atoms with Crippen molar-refractivity contribution in [2.75, 3.05) is 32.8 Å². The summed E-state index contributed by atoms with van der Waals surface area (Å²) in [6.07, 6.45) is 1.06. The zero-order chi connectivity index (χ0) is 12.0. The van der Waals surface area contributed by atoms with E-state index >= 15 is 0 Å². The lowest BCUT2D eigenvalue weighted by atomic mass is 10.0. The molecule has 1 aliphatic rings. The minimum absolute atomic E-state index is 0.327. The number of nitrogens with zero attached hydrogens (tertiary/aromatic N) is 2. The summed E-state index contributed by atoms with van der Waals surface area (Å²) in [5.74, 6) is 0. The van der Waals surface area contributed by atoms with E-state index in [1.165, 1.54) is 0 Å². The summed E-state index contributed by atoms with van der Waals surface area (Å²) in [6.45, 7) is 10.5. The van der Waals surface area contributed by atoms with Crippen molar-refractivity contribution in [3.63, 3.8) is 0 Å². The van der Waals surface area contributed by atoms with Gasteiger partial charge in [0.2, 0.25) is 0 Å². The molecule has 16 heavy (non-hydrogen) atoms. The number of nitriles is 1. The maximum atomic E-state index is 9.26. The van der Waals surface area contributed by atoms with Crippen LogP contribution < -0.4 is 5.32 Å². The maximum absolute atomic E-state index is 9.26. The van der Waals surface area contributed by atoms with E-state index in [1.54, 1.807) is 0 Å². The van der Waals surface area contributed by atoms with Gasteiger partial charge in [-0.2, -0.15) is 5.26 Å². The molecule has 0 bridgehead atoms. The molecule has 0 spiro atoms. The SMILES string of the molecule is CC(C)NC(C)(C#N)CN1CCCOCC1. The molecule has 1 aliphatic heterocycles. The lowest BCUT2D eigenvalue weighted by Crippen LogP contribution is -2.53. The van der Waals surface area contributed by atoms with E-state index in [0.29, 0.717) is 6.04 Å². The van der Waals surface area contributed by atoms with Crippen LogP contribution in [-0.2, 0) is 4.74 Å². The topological polar surface area (TPSA) is 48.3 Å². The Bertz CT molecular complexity index is 241. The third kappa shape index (κ3) is 4.48. The number of nitrogens with one attached hydrogen (secondary N) is 1. The minimum Gasteiger partial charge on any atom is -0.380 e. The zero-order valence-corrected chi connectivity index (χ0v) is 10.6. The summed E-state index contributed by atoms with van der Waals surface area (Å²) in [4.78, 5) is 2.31. The van der Waals surface area contributed by atoms with Crippen molar-refractivity contribution in [1.82, 2.24) is 10.2 Å². The van der Waals surface area contributed by atoms with Crippen LogP contribution in [0.4, 0.5) is 0 Å². The predicted octanol–water partition coefficient (Wildman–Crippen LogP) is 0.989. The lowest BCUT2D eigenvalue weighted by molar-refractivity contribution is 0.137. The molecule has 0 aromatic rings. The highest BCUT2D eigenvalue weighted by molar-refractivity contribution is 5.06. The standard InChI is InChI=1S/C12H23N3O/c1-11(2)14-12(3,9-13)10-15-5-4-7-16-8-6-15/h11,14H,4-8,10H2,1-3H3. The molecule has 4 nitrogen and oxygen atoms in total. The summed E-state index contributed by atoms with van der Waals surface area (Å²) in [6, 6.07) is 2.71. The molecular formula is C12H23N3O. The van der Waals surface area contributed by atoms with Crippen LogP contribution in [0.1, 0.15) is 27.2 Å². The second kappa shape index (κ2) is 6.19. The highest BCUT2D eigenvalue weighted by atomic mass is 16.5. The first-order valence-corrected chi connectivity index (χ1v) is 6.05. The first-order valence-electron chi connectivity index (χ1n) is 6.05. The molecule has 1 rings (SSSR count). The molecule has 1 unspecified atom stereocenters. The molecule has 0 saturated carbocycles. The van der Waals surface area contributed by atoms with Gasteiger partial charge in [0, 0.05) is 32.3 Å². The molecule has 0 aromatic carbocycles. The molecule has 4 heteroatoms. The molecular weight excluding hydrogens is 202 g/mol. The van der Waals surface area contributed by atoms with Gasteiger partial charge in [-0.3, -0.25) is 10.2 Å². The Morgan fingerprint density at radius 2 is 2.19 bits per heavy atom. The molecule has 0 radical (unpaired) electrons. The largest absolute Gasteiger partial charge is 0.380 e. The van der Waals surface area contributed by atoms with Crippen LogP contribution in [0.3, 0.4) is 0 Å². The second-order valence-electron chi connectivity index (χ2n) is 4.99. The summed E-state index contributed by atoms with van der Waals surface area (Å²) in [7, 11) is 0. The minimum atomic E-state index is -0.460. The first kappa shape index (κ1) is 13.4. The Hall–Kier alpha value is -0.630. The van der Waals surface area contributed by atoms with E-state index in [0.717, 1.165) is 39.3 Å². The normalized spacial score (nSPS) is 22.4. The van der Waals surface area contributed by atoms with Crippen LogP contribution in [0.2, 0.25) is 0 Å². The van der Waals surface area contributed by atoms with Gasteiger partial charge >= 0.3 is 0 Å². The van der Waals surface area contributed by atoms with Crippen LogP contribution in [-0.4, -0.2) is 49.3 Å². The summed E-state index contributed by atoms with van der Waals surface area (Å²) in [5, 5.41) is 12.6. The number of ether oxygens (including phenoxy) is 1. The van der Waals surface area contributed by atoms with Crippen molar-refractivity contribution in [3.05, 3.63) is 0 Å². The van der Waals surface area contributed by atoms with E-state index in [4.69, 9.17) is 4.74 Å². The van der Waals surface area contributed by atoms with Gasteiger partial charge in [-0.15, -0.1) is 0 Å². The summed E-state index contributed by atoms with van der Waals surface area (Å²) < 4.78 is 5.41. The van der Waals surface area contributed by atoms with Gasteiger partial charge in [-0.25, -0.2) is 0 Å². The van der Waals surface area contributed by atoms with E-state index in [2.05, 4.69) is 30.1 Å². The van der Waals surface area contributed by atoms with Gasteiger partial charge in [0.15, 0.2) is 0 Å². The third-order valence-corrected chi connectivity index (χ3v) is 2.71. The third-order valence-electron chi connectivity index (χ3n) is 2.71. The Kier molecular flexibility index (Phi) is 5.20. The average molecular weight is 225 g/mol. The maximum Gasteiger partial charge on any atom is 0.116 e. The van der Waals surface area contributed by atoms with Crippen LogP contribution in [0.15, 0.2) is 0 Å². The molecule has 1 heterocycles.